The fourth-order valence-corrected chi connectivity index (χ4v) is 4.24. The van der Waals surface area contributed by atoms with Crippen LogP contribution in [0.2, 0.25) is 0 Å². The molecule has 1 aliphatic heterocycles. The number of carbonyl (C=O) groups is 1. The summed E-state index contributed by atoms with van der Waals surface area (Å²) in [7, 11) is 0. The van der Waals surface area contributed by atoms with Crippen LogP contribution in [0.1, 0.15) is 23.1 Å². The summed E-state index contributed by atoms with van der Waals surface area (Å²) in [5, 5.41) is 5.46. The van der Waals surface area contributed by atoms with Crippen molar-refractivity contribution in [2.75, 3.05) is 37.8 Å². The number of hydrogen-bond acceptors (Lipinski definition) is 7. The minimum absolute atomic E-state index is 0.188. The number of fused-ring (bicyclic) bond motifs is 1. The SMILES string of the molecule is CCOC(=O)c1cc(-c2ccc(N3CCOCC3)cc2)c2c(C)nn(-c3cc[nH]c(=O)c3)c2n1. The number of anilines is 1. The minimum atomic E-state index is -0.508. The summed E-state index contributed by atoms with van der Waals surface area (Å²) in [4.78, 5) is 34.1. The van der Waals surface area contributed by atoms with Crippen LogP contribution in [0.15, 0.2) is 53.5 Å². The van der Waals surface area contributed by atoms with E-state index < -0.39 is 5.97 Å². The van der Waals surface area contributed by atoms with Crippen molar-refractivity contribution in [1.82, 2.24) is 19.7 Å². The summed E-state index contributed by atoms with van der Waals surface area (Å²) in [6, 6.07) is 13.2. The molecule has 0 bridgehead atoms. The lowest BCUT2D eigenvalue weighted by Gasteiger charge is -2.29. The summed E-state index contributed by atoms with van der Waals surface area (Å²) in [6.07, 6.45) is 1.56. The molecule has 1 N–H and O–H groups in total. The maximum absolute atomic E-state index is 12.7. The zero-order chi connectivity index (χ0) is 23.7. The number of carbonyl (C=O) groups excluding carboxylic acids is 1. The molecule has 174 valence electrons. The lowest BCUT2D eigenvalue weighted by molar-refractivity contribution is 0.0520. The monoisotopic (exact) mass is 459 g/mol. The molecule has 4 heterocycles. The van der Waals surface area contributed by atoms with Crippen molar-refractivity contribution in [3.05, 3.63) is 70.4 Å². The third-order valence-electron chi connectivity index (χ3n) is 5.86. The lowest BCUT2D eigenvalue weighted by atomic mass is 10.0. The van der Waals surface area contributed by atoms with Crippen LogP contribution in [0.25, 0.3) is 27.8 Å². The number of esters is 1. The van der Waals surface area contributed by atoms with Crippen molar-refractivity contribution in [2.24, 2.45) is 0 Å². The third-order valence-corrected chi connectivity index (χ3v) is 5.86. The number of H-pyrrole nitrogens is 1. The molecule has 0 atom stereocenters. The van der Waals surface area contributed by atoms with Gasteiger partial charge in [-0.1, -0.05) is 12.1 Å². The number of benzene rings is 1. The van der Waals surface area contributed by atoms with Crippen LogP contribution in [0, 0.1) is 6.92 Å². The number of aromatic nitrogens is 4. The number of aryl methyl sites for hydroxylation is 1. The van der Waals surface area contributed by atoms with E-state index >= 15 is 0 Å². The first-order valence-electron chi connectivity index (χ1n) is 11.2. The van der Waals surface area contributed by atoms with E-state index in [4.69, 9.17) is 9.47 Å². The number of hydrogen-bond donors (Lipinski definition) is 1. The van der Waals surface area contributed by atoms with Crippen LogP contribution in [0.3, 0.4) is 0 Å². The largest absolute Gasteiger partial charge is 0.461 e. The summed E-state index contributed by atoms with van der Waals surface area (Å²) >= 11 is 0. The van der Waals surface area contributed by atoms with Gasteiger partial charge in [-0.15, -0.1) is 0 Å². The quantitative estimate of drug-likeness (QED) is 0.458. The van der Waals surface area contributed by atoms with E-state index in [1.807, 2.05) is 19.1 Å². The molecule has 34 heavy (non-hydrogen) atoms. The Morgan fingerprint density at radius 1 is 1.12 bits per heavy atom. The molecule has 0 aliphatic carbocycles. The number of ether oxygens (including phenoxy) is 2. The third kappa shape index (κ3) is 4.06. The van der Waals surface area contributed by atoms with Crippen molar-refractivity contribution < 1.29 is 14.3 Å². The molecule has 5 rings (SSSR count). The van der Waals surface area contributed by atoms with E-state index in [2.05, 4.69) is 32.1 Å². The van der Waals surface area contributed by atoms with Crippen LogP contribution >= 0.6 is 0 Å². The number of aromatic amines is 1. The number of pyridine rings is 2. The molecule has 4 aromatic rings. The molecule has 0 radical (unpaired) electrons. The molecule has 9 nitrogen and oxygen atoms in total. The van der Waals surface area contributed by atoms with Crippen molar-refractivity contribution in [3.8, 4) is 16.8 Å². The number of nitrogens with zero attached hydrogens (tertiary/aromatic N) is 4. The Balaban J connectivity index is 1.67. The van der Waals surface area contributed by atoms with Crippen LogP contribution in [-0.4, -0.2) is 58.6 Å². The molecule has 0 saturated carbocycles. The highest BCUT2D eigenvalue weighted by atomic mass is 16.5. The van der Waals surface area contributed by atoms with E-state index in [9.17, 15) is 9.59 Å². The van der Waals surface area contributed by atoms with Gasteiger partial charge in [0.25, 0.3) is 0 Å². The Hall–Kier alpha value is -3.98. The van der Waals surface area contributed by atoms with Gasteiger partial charge in [0.2, 0.25) is 5.56 Å². The van der Waals surface area contributed by atoms with Crippen LogP contribution in [0.4, 0.5) is 5.69 Å². The summed E-state index contributed by atoms with van der Waals surface area (Å²) in [6.45, 7) is 7.04. The van der Waals surface area contributed by atoms with Gasteiger partial charge in [-0.05, 0) is 49.2 Å². The van der Waals surface area contributed by atoms with E-state index in [1.165, 1.54) is 6.07 Å². The molecule has 3 aromatic heterocycles. The average molecular weight is 460 g/mol. The molecule has 9 heteroatoms. The maximum Gasteiger partial charge on any atom is 0.357 e. The van der Waals surface area contributed by atoms with Gasteiger partial charge in [0.05, 0.1) is 36.6 Å². The molecule has 1 aromatic carbocycles. The zero-order valence-corrected chi connectivity index (χ0v) is 19.1. The number of rotatable bonds is 5. The molecule has 0 amide bonds. The van der Waals surface area contributed by atoms with Crippen molar-refractivity contribution in [3.63, 3.8) is 0 Å². The maximum atomic E-state index is 12.7. The normalized spacial score (nSPS) is 13.9. The Morgan fingerprint density at radius 2 is 1.88 bits per heavy atom. The van der Waals surface area contributed by atoms with Gasteiger partial charge < -0.3 is 19.4 Å². The Kier molecular flexibility index (Phi) is 5.85. The van der Waals surface area contributed by atoms with Gasteiger partial charge in [0.1, 0.15) is 0 Å². The molecule has 1 aliphatic rings. The molecule has 0 spiro atoms. The van der Waals surface area contributed by atoms with E-state index in [0.717, 1.165) is 54.2 Å². The smallest absolute Gasteiger partial charge is 0.357 e. The minimum Gasteiger partial charge on any atom is -0.461 e. The van der Waals surface area contributed by atoms with E-state index in [1.54, 1.807) is 29.9 Å². The Morgan fingerprint density at radius 3 is 2.59 bits per heavy atom. The van der Waals surface area contributed by atoms with Gasteiger partial charge in [0, 0.05) is 31.0 Å². The van der Waals surface area contributed by atoms with Crippen LogP contribution < -0.4 is 10.5 Å². The van der Waals surface area contributed by atoms with Crippen molar-refractivity contribution >= 4 is 22.7 Å². The second-order valence-electron chi connectivity index (χ2n) is 8.03. The summed E-state index contributed by atoms with van der Waals surface area (Å²) < 4.78 is 12.3. The van der Waals surface area contributed by atoms with Gasteiger partial charge >= 0.3 is 5.97 Å². The predicted molar refractivity (Wildman–Crippen MR) is 129 cm³/mol. The van der Waals surface area contributed by atoms with E-state index in [0.29, 0.717) is 11.3 Å². The highest BCUT2D eigenvalue weighted by Crippen LogP contribution is 2.33. The first kappa shape index (κ1) is 21.8. The first-order valence-corrected chi connectivity index (χ1v) is 11.2. The number of nitrogens with one attached hydrogen (secondary N) is 1. The Bertz CT molecular complexity index is 1400. The molecule has 1 fully saturated rings. The van der Waals surface area contributed by atoms with Gasteiger partial charge in [-0.3, -0.25) is 4.79 Å². The highest BCUT2D eigenvalue weighted by molar-refractivity contribution is 6.00. The fourth-order valence-electron chi connectivity index (χ4n) is 4.24. The van der Waals surface area contributed by atoms with Gasteiger partial charge in [0.15, 0.2) is 11.3 Å². The first-order chi connectivity index (χ1) is 16.5. The average Bonchev–Trinajstić information content (AvgIpc) is 3.21. The zero-order valence-electron chi connectivity index (χ0n) is 19.1. The van der Waals surface area contributed by atoms with Crippen molar-refractivity contribution in [2.45, 2.75) is 13.8 Å². The van der Waals surface area contributed by atoms with Crippen molar-refractivity contribution in [1.29, 1.82) is 0 Å². The molecule has 1 saturated heterocycles. The predicted octanol–water partition coefficient (Wildman–Crippen LogP) is 3.10. The van der Waals surface area contributed by atoms with E-state index in [-0.39, 0.29) is 17.9 Å². The fraction of sp³-hybridized carbons (Fsp3) is 0.280. The second kappa shape index (κ2) is 9.11. The number of morpholine rings is 1. The topological polar surface area (TPSA) is 102 Å². The van der Waals surface area contributed by atoms with Crippen LogP contribution in [-0.2, 0) is 9.47 Å². The molecular weight excluding hydrogens is 434 g/mol. The summed E-state index contributed by atoms with van der Waals surface area (Å²) in [5.41, 5.74) is 4.61. The van der Waals surface area contributed by atoms with Gasteiger partial charge in [-0.25, -0.2) is 14.5 Å². The second-order valence-corrected chi connectivity index (χ2v) is 8.03. The highest BCUT2D eigenvalue weighted by Gasteiger charge is 2.21. The van der Waals surface area contributed by atoms with Crippen LogP contribution in [0.5, 0.6) is 0 Å². The standard InChI is InChI=1S/C25H25N5O4/c1-3-34-25(32)21-15-20(17-4-6-18(7-5-17)29-10-12-33-13-11-29)23-16(2)28-30(24(23)27-21)19-8-9-26-22(31)14-19/h4-9,14-15H,3,10-13H2,1-2H3,(H,26,31). The molecular formula is C25H25N5O4. The lowest BCUT2D eigenvalue weighted by Crippen LogP contribution is -2.36. The summed E-state index contributed by atoms with van der Waals surface area (Å²) in [5.74, 6) is -0.508. The molecule has 0 unspecified atom stereocenters. The Labute approximate surface area is 195 Å². The van der Waals surface area contributed by atoms with Gasteiger partial charge in [-0.2, -0.15) is 5.10 Å².